The molecule has 16 heavy (non-hydrogen) atoms. The van der Waals surface area contributed by atoms with Gasteiger partial charge in [0.1, 0.15) is 5.75 Å². The van der Waals surface area contributed by atoms with Gasteiger partial charge in [-0.2, -0.15) is 5.10 Å². The third-order valence-corrected chi connectivity index (χ3v) is 2.67. The first-order valence-corrected chi connectivity index (χ1v) is 5.74. The first kappa shape index (κ1) is 13.0. The van der Waals surface area contributed by atoms with E-state index in [9.17, 15) is 4.79 Å². The zero-order valence-electron chi connectivity index (χ0n) is 8.33. The summed E-state index contributed by atoms with van der Waals surface area (Å²) in [5, 5.41) is 3.66. The molecule has 0 spiro atoms. The SMILES string of the molecule is COc1c(Br)cc(Br)cc1C=NNC(N)=O. The molecule has 0 bridgehead atoms. The van der Waals surface area contributed by atoms with Gasteiger partial charge in [-0.25, -0.2) is 10.2 Å². The summed E-state index contributed by atoms with van der Waals surface area (Å²) < 4.78 is 6.83. The fourth-order valence-electron chi connectivity index (χ4n) is 1.06. The van der Waals surface area contributed by atoms with E-state index in [-0.39, 0.29) is 0 Å². The highest BCUT2D eigenvalue weighted by Crippen LogP contribution is 2.31. The van der Waals surface area contributed by atoms with Crippen LogP contribution in [0.25, 0.3) is 0 Å². The number of nitrogens with zero attached hydrogens (tertiary/aromatic N) is 1. The molecule has 7 heteroatoms. The molecule has 0 saturated carbocycles. The monoisotopic (exact) mass is 349 g/mol. The minimum atomic E-state index is -0.718. The minimum absolute atomic E-state index is 0.623. The van der Waals surface area contributed by atoms with Gasteiger partial charge < -0.3 is 10.5 Å². The summed E-state index contributed by atoms with van der Waals surface area (Å²) in [4.78, 5) is 10.4. The molecule has 2 amide bonds. The van der Waals surface area contributed by atoms with Gasteiger partial charge in [0.15, 0.2) is 0 Å². The van der Waals surface area contributed by atoms with Gasteiger partial charge >= 0.3 is 6.03 Å². The molecule has 3 N–H and O–H groups in total. The van der Waals surface area contributed by atoms with Gasteiger partial charge in [0.05, 0.1) is 17.8 Å². The predicted molar refractivity (Wildman–Crippen MR) is 68.7 cm³/mol. The highest BCUT2D eigenvalue weighted by Gasteiger charge is 2.07. The molecule has 0 fully saturated rings. The van der Waals surface area contributed by atoms with Crippen LogP contribution in [0.1, 0.15) is 5.56 Å². The Labute approximate surface area is 109 Å². The number of methoxy groups -OCH3 is 1. The van der Waals surface area contributed by atoms with E-state index in [0.717, 1.165) is 8.95 Å². The van der Waals surface area contributed by atoms with E-state index in [1.807, 2.05) is 6.07 Å². The number of carbonyl (C=O) groups is 1. The maximum Gasteiger partial charge on any atom is 0.332 e. The Morgan fingerprint density at radius 3 is 2.81 bits per heavy atom. The molecule has 0 saturated heterocycles. The van der Waals surface area contributed by atoms with E-state index in [0.29, 0.717) is 11.3 Å². The van der Waals surface area contributed by atoms with Gasteiger partial charge in [-0.3, -0.25) is 0 Å². The number of hydrogen-bond acceptors (Lipinski definition) is 3. The van der Waals surface area contributed by atoms with E-state index < -0.39 is 6.03 Å². The van der Waals surface area contributed by atoms with E-state index in [2.05, 4.69) is 42.4 Å². The summed E-state index contributed by atoms with van der Waals surface area (Å²) >= 11 is 6.69. The molecule has 0 aromatic heterocycles. The molecule has 1 rings (SSSR count). The second-order valence-electron chi connectivity index (χ2n) is 2.74. The van der Waals surface area contributed by atoms with Crippen LogP contribution in [-0.2, 0) is 0 Å². The van der Waals surface area contributed by atoms with Crippen molar-refractivity contribution in [1.29, 1.82) is 0 Å². The molecule has 0 aliphatic heterocycles. The molecule has 1 aromatic carbocycles. The molecule has 0 aliphatic rings. The van der Waals surface area contributed by atoms with Gasteiger partial charge in [-0.15, -0.1) is 0 Å². The number of hydrazone groups is 1. The van der Waals surface area contributed by atoms with E-state index >= 15 is 0 Å². The lowest BCUT2D eigenvalue weighted by Crippen LogP contribution is -2.24. The zero-order valence-corrected chi connectivity index (χ0v) is 11.5. The number of primary amides is 1. The summed E-state index contributed by atoms with van der Waals surface area (Å²) in [7, 11) is 1.55. The molecule has 5 nitrogen and oxygen atoms in total. The Bertz CT molecular complexity index is 435. The van der Waals surface area contributed by atoms with Crippen LogP contribution in [0.5, 0.6) is 5.75 Å². The number of benzene rings is 1. The van der Waals surface area contributed by atoms with Crippen LogP contribution in [0, 0.1) is 0 Å². The number of amides is 2. The Balaban J connectivity index is 3.02. The van der Waals surface area contributed by atoms with Crippen LogP contribution in [0.3, 0.4) is 0 Å². The second-order valence-corrected chi connectivity index (χ2v) is 4.51. The maximum atomic E-state index is 10.4. The number of nitrogens with two attached hydrogens (primary N) is 1. The van der Waals surface area contributed by atoms with Crippen LogP contribution >= 0.6 is 31.9 Å². The Kier molecular flexibility index (Phi) is 4.75. The van der Waals surface area contributed by atoms with Crippen molar-refractivity contribution < 1.29 is 9.53 Å². The summed E-state index contributed by atoms with van der Waals surface area (Å²) in [5.41, 5.74) is 7.69. The van der Waals surface area contributed by atoms with Crippen molar-refractivity contribution in [3.8, 4) is 5.75 Å². The third-order valence-electron chi connectivity index (χ3n) is 1.62. The van der Waals surface area contributed by atoms with Crippen molar-refractivity contribution >= 4 is 44.1 Å². The minimum Gasteiger partial charge on any atom is -0.495 e. The first-order valence-electron chi connectivity index (χ1n) is 4.16. The summed E-state index contributed by atoms with van der Waals surface area (Å²) in [5.74, 6) is 0.623. The average Bonchev–Trinajstić information content (AvgIpc) is 2.16. The zero-order chi connectivity index (χ0) is 12.1. The molecule has 1 aromatic rings. The molecular formula is C9H9Br2N3O2. The number of hydrogen-bond donors (Lipinski definition) is 2. The standard InChI is InChI=1S/C9H9Br2N3O2/c1-16-8-5(4-13-14-9(12)15)2-6(10)3-7(8)11/h2-4H,1H3,(H3,12,14,15). The number of urea groups is 1. The third kappa shape index (κ3) is 3.49. The number of carbonyl (C=O) groups excluding carboxylic acids is 1. The summed E-state index contributed by atoms with van der Waals surface area (Å²) in [6.07, 6.45) is 1.44. The fraction of sp³-hybridized carbons (Fsp3) is 0.111. The van der Waals surface area contributed by atoms with Gasteiger partial charge in [0, 0.05) is 10.0 Å². The van der Waals surface area contributed by atoms with Crippen molar-refractivity contribution in [3.05, 3.63) is 26.6 Å². The molecular weight excluding hydrogens is 342 g/mol. The van der Waals surface area contributed by atoms with Crippen LogP contribution in [-0.4, -0.2) is 19.4 Å². The molecule has 0 heterocycles. The smallest absolute Gasteiger partial charge is 0.332 e. The molecule has 0 atom stereocenters. The maximum absolute atomic E-state index is 10.4. The fourth-order valence-corrected chi connectivity index (χ4v) is 2.48. The average molecular weight is 351 g/mol. The van der Waals surface area contributed by atoms with Crippen molar-refractivity contribution in [2.24, 2.45) is 10.8 Å². The topological polar surface area (TPSA) is 76.7 Å². The Hall–Kier alpha value is -1.08. The number of halogens is 2. The van der Waals surface area contributed by atoms with E-state index in [1.165, 1.54) is 6.21 Å². The summed E-state index contributed by atoms with van der Waals surface area (Å²) in [6, 6.07) is 2.93. The van der Waals surface area contributed by atoms with E-state index in [1.54, 1.807) is 13.2 Å². The van der Waals surface area contributed by atoms with Crippen LogP contribution in [0.15, 0.2) is 26.2 Å². The molecule has 0 radical (unpaired) electrons. The van der Waals surface area contributed by atoms with Gasteiger partial charge in [-0.1, -0.05) is 15.9 Å². The second kappa shape index (κ2) is 5.86. The lowest BCUT2D eigenvalue weighted by atomic mass is 10.2. The van der Waals surface area contributed by atoms with Crippen LogP contribution in [0.4, 0.5) is 4.79 Å². The predicted octanol–water partition coefficient (Wildman–Crippen LogP) is 2.22. The number of rotatable bonds is 3. The Morgan fingerprint density at radius 2 is 2.25 bits per heavy atom. The van der Waals surface area contributed by atoms with Crippen molar-refractivity contribution in [2.75, 3.05) is 7.11 Å². The molecule has 86 valence electrons. The quantitative estimate of drug-likeness (QED) is 0.647. The normalized spacial score (nSPS) is 10.4. The largest absolute Gasteiger partial charge is 0.495 e. The van der Waals surface area contributed by atoms with Gasteiger partial charge in [0.2, 0.25) is 0 Å². The highest BCUT2D eigenvalue weighted by molar-refractivity contribution is 9.11. The molecule has 0 aliphatic carbocycles. The summed E-state index contributed by atoms with van der Waals surface area (Å²) in [6.45, 7) is 0. The Morgan fingerprint density at radius 1 is 1.56 bits per heavy atom. The number of nitrogens with one attached hydrogen (secondary N) is 1. The first-order chi connectivity index (χ1) is 7.54. The van der Waals surface area contributed by atoms with E-state index in [4.69, 9.17) is 10.5 Å². The lowest BCUT2D eigenvalue weighted by Gasteiger charge is -2.07. The van der Waals surface area contributed by atoms with Crippen LogP contribution < -0.4 is 15.9 Å². The van der Waals surface area contributed by atoms with Crippen molar-refractivity contribution in [3.63, 3.8) is 0 Å². The highest BCUT2D eigenvalue weighted by atomic mass is 79.9. The van der Waals surface area contributed by atoms with Gasteiger partial charge in [-0.05, 0) is 28.1 Å². The lowest BCUT2D eigenvalue weighted by molar-refractivity contribution is 0.249. The van der Waals surface area contributed by atoms with Gasteiger partial charge in [0.25, 0.3) is 0 Å². The number of ether oxygens (including phenoxy) is 1. The molecule has 0 unspecified atom stereocenters. The van der Waals surface area contributed by atoms with Crippen LogP contribution in [0.2, 0.25) is 0 Å². The van der Waals surface area contributed by atoms with Crippen molar-refractivity contribution in [1.82, 2.24) is 5.43 Å². The van der Waals surface area contributed by atoms with Crippen molar-refractivity contribution in [2.45, 2.75) is 0 Å².